The zero-order chi connectivity index (χ0) is 17.0. The maximum absolute atomic E-state index is 12.7. The number of nitrogens with one attached hydrogen (secondary N) is 1. The topological polar surface area (TPSA) is 72.0 Å². The van der Waals surface area contributed by atoms with Gasteiger partial charge in [-0.05, 0) is 59.5 Å². The van der Waals surface area contributed by atoms with Gasteiger partial charge in [0.15, 0.2) is 0 Å². The minimum atomic E-state index is -3.68. The van der Waals surface area contributed by atoms with Gasteiger partial charge in [0, 0.05) is 18.6 Å². The zero-order valence-corrected chi connectivity index (χ0v) is 14.7. The second kappa shape index (κ2) is 7.21. The number of sulfonamides is 1. The maximum atomic E-state index is 12.7. The number of hydrogen-bond acceptors (Lipinski definition) is 5. The first kappa shape index (κ1) is 16.8. The van der Waals surface area contributed by atoms with Crippen LogP contribution in [0.25, 0.3) is 0 Å². The van der Waals surface area contributed by atoms with Gasteiger partial charge in [0.1, 0.15) is 4.90 Å². The van der Waals surface area contributed by atoms with Crippen LogP contribution in [0.3, 0.4) is 0 Å². The normalized spacial score (nSPS) is 12.9. The molecule has 124 valence electrons. The van der Waals surface area contributed by atoms with Gasteiger partial charge in [-0.15, -0.1) is 0 Å². The third kappa shape index (κ3) is 3.87. The summed E-state index contributed by atoms with van der Waals surface area (Å²) in [5.74, 6) is 0. The first-order chi connectivity index (χ1) is 11.6. The summed E-state index contributed by atoms with van der Waals surface area (Å²) in [5.41, 5.74) is 2.76. The first-order valence-electron chi connectivity index (χ1n) is 7.41. The van der Waals surface area contributed by atoms with Crippen LogP contribution in [0.5, 0.6) is 0 Å². The predicted octanol–water partition coefficient (Wildman–Crippen LogP) is 3.11. The Bertz CT molecular complexity index is 895. The third-order valence-electron chi connectivity index (χ3n) is 3.64. The van der Waals surface area contributed by atoms with Gasteiger partial charge in [-0.3, -0.25) is 9.97 Å². The molecular formula is C17H17N3O2S2. The molecule has 0 aliphatic rings. The lowest BCUT2D eigenvalue weighted by atomic mass is 10.0. The molecule has 0 unspecified atom stereocenters. The van der Waals surface area contributed by atoms with Gasteiger partial charge in [-0.1, -0.05) is 6.07 Å². The summed E-state index contributed by atoms with van der Waals surface area (Å²) < 4.78 is 28.1. The molecule has 0 aliphatic carbocycles. The molecule has 0 bridgehead atoms. The van der Waals surface area contributed by atoms with Crippen molar-refractivity contribution in [2.75, 3.05) is 0 Å². The lowest BCUT2D eigenvalue weighted by Crippen LogP contribution is -2.31. The summed E-state index contributed by atoms with van der Waals surface area (Å²) >= 11 is 1.59. The number of thiophene rings is 1. The highest BCUT2D eigenvalue weighted by molar-refractivity contribution is 7.89. The third-order valence-corrected chi connectivity index (χ3v) is 5.83. The average Bonchev–Trinajstić information content (AvgIpc) is 3.08. The number of aromatic nitrogens is 2. The predicted molar refractivity (Wildman–Crippen MR) is 94.3 cm³/mol. The van der Waals surface area contributed by atoms with Crippen molar-refractivity contribution in [2.45, 2.75) is 24.3 Å². The fraction of sp³-hybridized carbons (Fsp3) is 0.176. The minimum Gasteiger partial charge on any atom is -0.263 e. The molecule has 0 fully saturated rings. The Morgan fingerprint density at radius 3 is 2.71 bits per heavy atom. The van der Waals surface area contributed by atoms with Crippen molar-refractivity contribution in [1.82, 2.24) is 14.7 Å². The number of hydrogen-bond donors (Lipinski definition) is 1. The molecule has 3 aromatic heterocycles. The second-order valence-electron chi connectivity index (χ2n) is 5.40. The zero-order valence-electron chi connectivity index (χ0n) is 13.1. The standard InChI is InChI=1S/C17H17N3O2S2/c1-13-4-2-8-19-17(13)16(10-14-6-9-23-12-14)20-24(21,22)15-5-3-7-18-11-15/h2-9,11-12,16,20H,10H2,1H3/t16-/m0/s1. The highest BCUT2D eigenvalue weighted by atomic mass is 32.2. The highest BCUT2D eigenvalue weighted by Gasteiger charge is 2.24. The first-order valence-corrected chi connectivity index (χ1v) is 9.84. The summed E-state index contributed by atoms with van der Waals surface area (Å²) in [6, 6.07) is 8.47. The SMILES string of the molecule is Cc1cccnc1[C@H](Cc1ccsc1)NS(=O)(=O)c1cccnc1. The molecule has 7 heteroatoms. The summed E-state index contributed by atoms with van der Waals surface area (Å²) in [4.78, 5) is 8.44. The van der Waals surface area contributed by atoms with E-state index in [1.165, 1.54) is 12.3 Å². The molecule has 0 aliphatic heterocycles. The summed E-state index contributed by atoms with van der Waals surface area (Å²) in [6.07, 6.45) is 5.11. The van der Waals surface area contributed by atoms with Crippen LogP contribution in [0.1, 0.15) is 22.9 Å². The fourth-order valence-electron chi connectivity index (χ4n) is 2.46. The van der Waals surface area contributed by atoms with Gasteiger partial charge in [0.2, 0.25) is 10.0 Å². The Balaban J connectivity index is 1.95. The Morgan fingerprint density at radius 1 is 1.21 bits per heavy atom. The molecule has 5 nitrogen and oxygen atoms in total. The Morgan fingerprint density at radius 2 is 2.04 bits per heavy atom. The fourth-order valence-corrected chi connectivity index (χ4v) is 4.31. The van der Waals surface area contributed by atoms with Crippen LogP contribution in [-0.2, 0) is 16.4 Å². The summed E-state index contributed by atoms with van der Waals surface area (Å²) in [6.45, 7) is 1.93. The van der Waals surface area contributed by atoms with Crippen molar-refractivity contribution in [3.05, 3.63) is 76.5 Å². The van der Waals surface area contributed by atoms with Crippen LogP contribution in [-0.4, -0.2) is 18.4 Å². The molecular weight excluding hydrogens is 342 g/mol. The number of rotatable bonds is 6. The maximum Gasteiger partial charge on any atom is 0.242 e. The van der Waals surface area contributed by atoms with Crippen molar-refractivity contribution >= 4 is 21.4 Å². The second-order valence-corrected chi connectivity index (χ2v) is 7.90. The van der Waals surface area contributed by atoms with E-state index in [2.05, 4.69) is 14.7 Å². The molecule has 0 spiro atoms. The van der Waals surface area contributed by atoms with Gasteiger partial charge < -0.3 is 0 Å². The van der Waals surface area contributed by atoms with Gasteiger partial charge in [-0.2, -0.15) is 11.3 Å². The Labute approximate surface area is 145 Å². The minimum absolute atomic E-state index is 0.147. The molecule has 0 aromatic carbocycles. The monoisotopic (exact) mass is 359 g/mol. The molecule has 3 heterocycles. The highest BCUT2D eigenvalue weighted by Crippen LogP contribution is 2.23. The van der Waals surface area contributed by atoms with Crippen LogP contribution in [0.2, 0.25) is 0 Å². The number of aryl methyl sites for hydroxylation is 1. The van der Waals surface area contributed by atoms with Gasteiger partial charge >= 0.3 is 0 Å². The molecule has 3 aromatic rings. The van der Waals surface area contributed by atoms with E-state index in [1.54, 1.807) is 29.8 Å². The Kier molecular flexibility index (Phi) is 5.03. The van der Waals surface area contributed by atoms with Crippen LogP contribution >= 0.6 is 11.3 Å². The molecule has 3 rings (SSSR count). The Hall–Kier alpha value is -2.09. The molecule has 1 atom stereocenters. The number of nitrogens with zero attached hydrogens (tertiary/aromatic N) is 2. The molecule has 0 saturated carbocycles. The number of pyridine rings is 2. The largest absolute Gasteiger partial charge is 0.263 e. The summed E-state index contributed by atoms with van der Waals surface area (Å²) in [7, 11) is -3.68. The average molecular weight is 359 g/mol. The lowest BCUT2D eigenvalue weighted by molar-refractivity contribution is 0.548. The van der Waals surface area contributed by atoms with E-state index in [-0.39, 0.29) is 4.90 Å². The van der Waals surface area contributed by atoms with Crippen molar-refractivity contribution < 1.29 is 8.42 Å². The van der Waals surface area contributed by atoms with E-state index in [0.29, 0.717) is 6.42 Å². The van der Waals surface area contributed by atoms with E-state index in [0.717, 1.165) is 16.8 Å². The smallest absolute Gasteiger partial charge is 0.242 e. The molecule has 24 heavy (non-hydrogen) atoms. The molecule has 0 saturated heterocycles. The van der Waals surface area contributed by atoms with Gasteiger partial charge in [0.05, 0.1) is 11.7 Å². The molecule has 0 radical (unpaired) electrons. The molecule has 0 amide bonds. The van der Waals surface area contributed by atoms with Crippen molar-refractivity contribution in [2.24, 2.45) is 0 Å². The van der Waals surface area contributed by atoms with E-state index >= 15 is 0 Å². The van der Waals surface area contributed by atoms with Crippen molar-refractivity contribution in [3.63, 3.8) is 0 Å². The van der Waals surface area contributed by atoms with Crippen LogP contribution < -0.4 is 4.72 Å². The molecule has 1 N–H and O–H groups in total. The lowest BCUT2D eigenvalue weighted by Gasteiger charge is -2.19. The van der Waals surface area contributed by atoms with Gasteiger partial charge in [0.25, 0.3) is 0 Å². The van der Waals surface area contributed by atoms with E-state index in [4.69, 9.17) is 0 Å². The van der Waals surface area contributed by atoms with E-state index in [9.17, 15) is 8.42 Å². The van der Waals surface area contributed by atoms with Crippen molar-refractivity contribution in [3.8, 4) is 0 Å². The van der Waals surface area contributed by atoms with E-state index in [1.807, 2.05) is 35.9 Å². The van der Waals surface area contributed by atoms with Crippen LogP contribution in [0.4, 0.5) is 0 Å². The van der Waals surface area contributed by atoms with Crippen molar-refractivity contribution in [1.29, 1.82) is 0 Å². The van der Waals surface area contributed by atoms with Crippen LogP contribution in [0.15, 0.2) is 64.6 Å². The van der Waals surface area contributed by atoms with Crippen LogP contribution in [0, 0.1) is 6.92 Å². The summed E-state index contributed by atoms with van der Waals surface area (Å²) in [5, 5.41) is 4.00. The quantitative estimate of drug-likeness (QED) is 0.734. The van der Waals surface area contributed by atoms with E-state index < -0.39 is 16.1 Å². The van der Waals surface area contributed by atoms with Gasteiger partial charge in [-0.25, -0.2) is 13.1 Å².